The number of rotatable bonds is 2. The average molecular weight is 278 g/mol. The molecule has 0 fully saturated rings. The molecule has 3 heterocycles. The Morgan fingerprint density at radius 2 is 2.35 bits per heavy atom. The Balaban J connectivity index is 2.08. The summed E-state index contributed by atoms with van der Waals surface area (Å²) in [7, 11) is 0. The van der Waals surface area contributed by atoms with E-state index in [1.165, 1.54) is 0 Å². The third-order valence-electron chi connectivity index (χ3n) is 3.27. The van der Waals surface area contributed by atoms with E-state index < -0.39 is 17.6 Å². The first-order valence-corrected chi connectivity index (χ1v) is 6.37. The molecule has 0 aromatic carbocycles. The van der Waals surface area contributed by atoms with Crippen molar-refractivity contribution in [2.75, 3.05) is 18.5 Å². The minimum absolute atomic E-state index is 0.238. The predicted octanol–water partition coefficient (Wildman–Crippen LogP) is 0.461. The number of nitrogens with one attached hydrogen (secondary N) is 2. The summed E-state index contributed by atoms with van der Waals surface area (Å²) in [5, 5.41) is 5.15. The Hall–Kier alpha value is -2.38. The van der Waals surface area contributed by atoms with Crippen LogP contribution in [0.15, 0.2) is 0 Å². The van der Waals surface area contributed by atoms with Crippen LogP contribution in [0.3, 0.4) is 0 Å². The van der Waals surface area contributed by atoms with Gasteiger partial charge in [-0.3, -0.25) is 4.79 Å². The summed E-state index contributed by atoms with van der Waals surface area (Å²) in [6, 6.07) is 0. The van der Waals surface area contributed by atoms with Crippen molar-refractivity contribution in [2.24, 2.45) is 0 Å². The third kappa shape index (κ3) is 1.68. The van der Waals surface area contributed by atoms with Crippen molar-refractivity contribution in [3.63, 3.8) is 0 Å². The molecule has 0 spiro atoms. The normalized spacial score (nSPS) is 22.6. The highest BCUT2D eigenvalue weighted by Crippen LogP contribution is 2.47. The monoisotopic (exact) mass is 278 g/mol. The number of carbonyl (C=O) groups excluding carboxylic acids is 2. The van der Waals surface area contributed by atoms with Crippen LogP contribution >= 0.6 is 0 Å². The molecule has 20 heavy (non-hydrogen) atoms. The summed E-state index contributed by atoms with van der Waals surface area (Å²) in [6.45, 7) is 4.13. The molecule has 8 heteroatoms. The standard InChI is InChI=1S/C12H14N4O4/c1-3-13-11(18)20-12-4-5-19-9-7(12)8(16-10(12)17)14-6(2)15-9/h3-5H2,1-2H3,(H,13,18)(H,14,15,16,17). The van der Waals surface area contributed by atoms with E-state index in [9.17, 15) is 9.59 Å². The van der Waals surface area contributed by atoms with Crippen molar-refractivity contribution in [2.45, 2.75) is 25.9 Å². The summed E-state index contributed by atoms with van der Waals surface area (Å²) >= 11 is 0. The maximum absolute atomic E-state index is 12.3. The number of amides is 2. The van der Waals surface area contributed by atoms with Gasteiger partial charge in [-0.1, -0.05) is 0 Å². The van der Waals surface area contributed by atoms with Gasteiger partial charge in [0.15, 0.2) is 0 Å². The van der Waals surface area contributed by atoms with E-state index in [-0.39, 0.29) is 13.0 Å². The maximum Gasteiger partial charge on any atom is 0.408 e. The molecule has 0 aliphatic carbocycles. The van der Waals surface area contributed by atoms with Crippen molar-refractivity contribution >= 4 is 17.8 Å². The maximum atomic E-state index is 12.3. The van der Waals surface area contributed by atoms with E-state index >= 15 is 0 Å². The van der Waals surface area contributed by atoms with Gasteiger partial charge >= 0.3 is 6.09 Å². The number of nitrogens with zero attached hydrogens (tertiary/aromatic N) is 2. The van der Waals surface area contributed by atoms with E-state index in [4.69, 9.17) is 9.47 Å². The molecule has 0 radical (unpaired) electrons. The Morgan fingerprint density at radius 3 is 3.10 bits per heavy atom. The van der Waals surface area contributed by atoms with Crippen LogP contribution in [0.2, 0.25) is 0 Å². The molecule has 1 aromatic rings. The van der Waals surface area contributed by atoms with Gasteiger partial charge in [-0.15, -0.1) is 0 Å². The molecule has 106 valence electrons. The number of aryl methyl sites for hydroxylation is 1. The lowest BCUT2D eigenvalue weighted by Crippen LogP contribution is -2.45. The Morgan fingerprint density at radius 1 is 1.55 bits per heavy atom. The zero-order valence-electron chi connectivity index (χ0n) is 11.1. The summed E-state index contributed by atoms with van der Waals surface area (Å²) in [6.07, 6.45) is -0.411. The zero-order chi connectivity index (χ0) is 14.3. The molecule has 2 amide bonds. The van der Waals surface area contributed by atoms with Crippen LogP contribution in [0.25, 0.3) is 0 Å². The van der Waals surface area contributed by atoms with Crippen LogP contribution in [0, 0.1) is 6.92 Å². The van der Waals surface area contributed by atoms with Gasteiger partial charge in [0.25, 0.3) is 5.91 Å². The lowest BCUT2D eigenvalue weighted by Gasteiger charge is -2.31. The number of carbonyl (C=O) groups is 2. The van der Waals surface area contributed by atoms with E-state index in [1.807, 2.05) is 0 Å². The molecule has 2 N–H and O–H groups in total. The first-order chi connectivity index (χ1) is 9.56. The van der Waals surface area contributed by atoms with Gasteiger partial charge in [-0.25, -0.2) is 9.78 Å². The van der Waals surface area contributed by atoms with Crippen LogP contribution in [0.4, 0.5) is 10.6 Å². The van der Waals surface area contributed by atoms with Crippen molar-refractivity contribution in [3.05, 3.63) is 11.4 Å². The summed E-state index contributed by atoms with van der Waals surface area (Å²) < 4.78 is 10.8. The SMILES string of the molecule is CCNC(=O)OC12CCOc3nc(C)nc(c31)NC2=O. The summed E-state index contributed by atoms with van der Waals surface area (Å²) in [5.41, 5.74) is -0.985. The van der Waals surface area contributed by atoms with Crippen molar-refractivity contribution < 1.29 is 19.1 Å². The average Bonchev–Trinajstić information content (AvgIpc) is 2.63. The molecule has 2 aliphatic heterocycles. The number of aromatic nitrogens is 2. The Labute approximate surface area is 114 Å². The lowest BCUT2D eigenvalue weighted by molar-refractivity contribution is -0.137. The Bertz CT molecular complexity index is 603. The molecule has 1 aromatic heterocycles. The van der Waals surface area contributed by atoms with Crippen LogP contribution in [-0.4, -0.2) is 35.1 Å². The van der Waals surface area contributed by atoms with Crippen LogP contribution in [0.1, 0.15) is 24.7 Å². The third-order valence-corrected chi connectivity index (χ3v) is 3.27. The van der Waals surface area contributed by atoms with Crippen LogP contribution in [-0.2, 0) is 15.1 Å². The summed E-state index contributed by atoms with van der Waals surface area (Å²) in [5.74, 6) is 0.709. The van der Waals surface area contributed by atoms with Crippen LogP contribution in [0.5, 0.6) is 5.88 Å². The molecule has 0 bridgehead atoms. The predicted molar refractivity (Wildman–Crippen MR) is 67.3 cm³/mol. The minimum atomic E-state index is -1.39. The molecular formula is C12H14N4O4. The van der Waals surface area contributed by atoms with E-state index in [1.54, 1.807) is 13.8 Å². The lowest BCUT2D eigenvalue weighted by atomic mass is 9.91. The zero-order valence-corrected chi connectivity index (χ0v) is 11.1. The number of ether oxygens (including phenoxy) is 2. The van der Waals surface area contributed by atoms with Crippen molar-refractivity contribution in [1.82, 2.24) is 15.3 Å². The van der Waals surface area contributed by atoms with Gasteiger partial charge in [-0.05, 0) is 13.8 Å². The van der Waals surface area contributed by atoms with E-state index in [0.717, 1.165) is 0 Å². The molecule has 8 nitrogen and oxygen atoms in total. The fourth-order valence-corrected chi connectivity index (χ4v) is 2.44. The van der Waals surface area contributed by atoms with Crippen molar-refractivity contribution in [3.8, 4) is 5.88 Å². The first-order valence-electron chi connectivity index (χ1n) is 6.37. The highest BCUT2D eigenvalue weighted by Gasteiger charge is 2.56. The van der Waals surface area contributed by atoms with Gasteiger partial charge in [-0.2, -0.15) is 4.98 Å². The highest BCUT2D eigenvalue weighted by atomic mass is 16.6. The van der Waals surface area contributed by atoms with Crippen molar-refractivity contribution in [1.29, 1.82) is 0 Å². The molecule has 1 unspecified atom stereocenters. The van der Waals surface area contributed by atoms with Gasteiger partial charge in [0.2, 0.25) is 11.5 Å². The van der Waals surface area contributed by atoms with Gasteiger partial charge in [0.1, 0.15) is 17.2 Å². The number of hydrogen-bond acceptors (Lipinski definition) is 6. The second-order valence-corrected chi connectivity index (χ2v) is 4.60. The molecule has 0 saturated carbocycles. The summed E-state index contributed by atoms with van der Waals surface area (Å²) in [4.78, 5) is 32.3. The Kier molecular flexibility index (Phi) is 2.73. The topological polar surface area (TPSA) is 102 Å². The number of alkyl carbamates (subject to hydrolysis) is 1. The largest absolute Gasteiger partial charge is 0.477 e. The smallest absolute Gasteiger partial charge is 0.408 e. The minimum Gasteiger partial charge on any atom is -0.477 e. The van der Waals surface area contributed by atoms with Gasteiger partial charge in [0, 0.05) is 13.0 Å². The van der Waals surface area contributed by atoms with E-state index in [2.05, 4.69) is 20.6 Å². The molecule has 0 saturated heterocycles. The molecule has 2 aliphatic rings. The van der Waals surface area contributed by atoms with Crippen LogP contribution < -0.4 is 15.4 Å². The second-order valence-electron chi connectivity index (χ2n) is 4.60. The quantitative estimate of drug-likeness (QED) is 0.814. The molecule has 3 rings (SSSR count). The fourth-order valence-electron chi connectivity index (χ4n) is 2.44. The number of anilines is 1. The second kappa shape index (κ2) is 4.32. The first kappa shape index (κ1) is 12.6. The highest BCUT2D eigenvalue weighted by molar-refractivity contribution is 6.06. The van der Waals surface area contributed by atoms with Gasteiger partial charge < -0.3 is 20.1 Å². The molecule has 1 atom stereocenters. The molecular weight excluding hydrogens is 264 g/mol. The number of hydrogen-bond donors (Lipinski definition) is 2. The van der Waals surface area contributed by atoms with E-state index in [0.29, 0.717) is 29.6 Å². The van der Waals surface area contributed by atoms with Gasteiger partial charge in [0.05, 0.1) is 6.61 Å². The fraction of sp³-hybridized carbons (Fsp3) is 0.500.